The molecule has 2 rings (SSSR count). The van der Waals surface area contributed by atoms with E-state index in [2.05, 4.69) is 10.4 Å². The first kappa shape index (κ1) is 19.5. The lowest BCUT2D eigenvalue weighted by molar-refractivity contribution is -0.133. The highest BCUT2D eigenvalue weighted by molar-refractivity contribution is 5.85. The van der Waals surface area contributed by atoms with Crippen LogP contribution in [0.5, 0.6) is 0 Å². The zero-order valence-corrected chi connectivity index (χ0v) is 15.7. The molecule has 0 unspecified atom stereocenters. The highest BCUT2D eigenvalue weighted by atomic mass is 16.5. The van der Waals surface area contributed by atoms with Crippen molar-refractivity contribution in [3.05, 3.63) is 48.3 Å². The van der Waals surface area contributed by atoms with Crippen molar-refractivity contribution < 1.29 is 14.3 Å². The first-order valence-electron chi connectivity index (χ1n) is 8.69. The van der Waals surface area contributed by atoms with Crippen molar-refractivity contribution in [3.63, 3.8) is 0 Å². The van der Waals surface area contributed by atoms with Crippen LogP contribution in [0, 0.1) is 5.92 Å². The van der Waals surface area contributed by atoms with Crippen molar-refractivity contribution in [2.75, 3.05) is 13.7 Å². The van der Waals surface area contributed by atoms with Crippen LogP contribution >= 0.6 is 0 Å². The largest absolute Gasteiger partial charge is 0.450 e. The van der Waals surface area contributed by atoms with Crippen LogP contribution in [-0.2, 0) is 16.1 Å². The summed E-state index contributed by atoms with van der Waals surface area (Å²) in [4.78, 5) is 26.0. The van der Waals surface area contributed by atoms with E-state index in [1.54, 1.807) is 29.7 Å². The van der Waals surface area contributed by atoms with Gasteiger partial charge in [-0.25, -0.2) is 9.48 Å². The SMILES string of the molecule is CCOC(=O)N[C@@H](C(=O)N(C)Cc1cnn(-c2ccccc2)c1)C(C)C. The Morgan fingerprint density at radius 1 is 1.27 bits per heavy atom. The van der Waals surface area contributed by atoms with Gasteiger partial charge in [-0.1, -0.05) is 32.0 Å². The average Bonchev–Trinajstić information content (AvgIpc) is 3.08. The minimum atomic E-state index is -0.636. The fourth-order valence-electron chi connectivity index (χ4n) is 2.57. The molecule has 140 valence electrons. The molecule has 1 N–H and O–H groups in total. The molecule has 0 fully saturated rings. The third-order valence-electron chi connectivity index (χ3n) is 3.93. The summed E-state index contributed by atoms with van der Waals surface area (Å²) in [6, 6.07) is 9.13. The number of carbonyl (C=O) groups excluding carboxylic acids is 2. The number of amides is 2. The fraction of sp³-hybridized carbons (Fsp3) is 0.421. The second kappa shape index (κ2) is 9.03. The van der Waals surface area contributed by atoms with Crippen LogP contribution < -0.4 is 5.32 Å². The summed E-state index contributed by atoms with van der Waals surface area (Å²) in [5, 5.41) is 6.98. The zero-order valence-electron chi connectivity index (χ0n) is 15.7. The molecule has 0 aliphatic carbocycles. The Hall–Kier alpha value is -2.83. The molecule has 0 aliphatic heterocycles. The molecule has 0 spiro atoms. The Bertz CT molecular complexity index is 727. The van der Waals surface area contributed by atoms with Gasteiger partial charge in [-0.3, -0.25) is 4.79 Å². The third-order valence-corrected chi connectivity index (χ3v) is 3.93. The van der Waals surface area contributed by atoms with Crippen LogP contribution in [-0.4, -0.2) is 46.4 Å². The summed E-state index contributed by atoms with van der Waals surface area (Å²) >= 11 is 0. The Kier molecular flexibility index (Phi) is 6.77. The molecule has 7 nitrogen and oxygen atoms in total. The number of nitrogens with one attached hydrogen (secondary N) is 1. The maximum Gasteiger partial charge on any atom is 0.407 e. The van der Waals surface area contributed by atoms with Crippen molar-refractivity contribution >= 4 is 12.0 Å². The van der Waals surface area contributed by atoms with Crippen molar-refractivity contribution in [1.29, 1.82) is 0 Å². The molecule has 26 heavy (non-hydrogen) atoms. The van der Waals surface area contributed by atoms with Crippen LogP contribution in [0.15, 0.2) is 42.7 Å². The fourth-order valence-corrected chi connectivity index (χ4v) is 2.57. The zero-order chi connectivity index (χ0) is 19.1. The summed E-state index contributed by atoms with van der Waals surface area (Å²) in [6.07, 6.45) is 3.05. The molecule has 1 aromatic carbocycles. The van der Waals surface area contributed by atoms with Crippen LogP contribution in [0.1, 0.15) is 26.3 Å². The van der Waals surface area contributed by atoms with Gasteiger partial charge in [-0.05, 0) is 25.0 Å². The van der Waals surface area contributed by atoms with E-state index >= 15 is 0 Å². The standard InChI is InChI=1S/C19H26N4O3/c1-5-26-19(25)21-17(14(2)3)18(24)22(4)12-15-11-20-23(13-15)16-9-7-6-8-10-16/h6-11,13-14,17H,5,12H2,1-4H3,(H,21,25)/t17-/m1/s1. The van der Waals surface area contributed by atoms with Gasteiger partial charge in [0.2, 0.25) is 5.91 Å². The molecule has 0 saturated heterocycles. The van der Waals surface area contributed by atoms with Crippen molar-refractivity contribution in [3.8, 4) is 5.69 Å². The van der Waals surface area contributed by atoms with Gasteiger partial charge in [0.05, 0.1) is 18.5 Å². The monoisotopic (exact) mass is 358 g/mol. The maximum atomic E-state index is 12.7. The van der Waals surface area contributed by atoms with Crippen LogP contribution in [0.2, 0.25) is 0 Å². The number of aromatic nitrogens is 2. The molecular weight excluding hydrogens is 332 g/mol. The molecule has 7 heteroatoms. The number of benzene rings is 1. The van der Waals surface area contributed by atoms with E-state index in [0.29, 0.717) is 6.54 Å². The van der Waals surface area contributed by atoms with Gasteiger partial charge in [0.15, 0.2) is 0 Å². The Balaban J connectivity index is 2.03. The predicted octanol–water partition coefficient (Wildman–Crippen LogP) is 2.60. The van der Waals surface area contributed by atoms with E-state index in [1.807, 2.05) is 50.4 Å². The van der Waals surface area contributed by atoms with Crippen molar-refractivity contribution in [2.24, 2.45) is 5.92 Å². The molecular formula is C19H26N4O3. The molecule has 1 aromatic heterocycles. The normalized spacial score (nSPS) is 11.9. The van der Waals surface area contributed by atoms with E-state index < -0.39 is 12.1 Å². The summed E-state index contributed by atoms with van der Waals surface area (Å²) < 4.78 is 6.66. The highest BCUT2D eigenvalue weighted by Crippen LogP contribution is 2.12. The highest BCUT2D eigenvalue weighted by Gasteiger charge is 2.27. The first-order chi connectivity index (χ1) is 12.4. The molecule has 2 aromatic rings. The van der Waals surface area contributed by atoms with E-state index in [4.69, 9.17) is 4.74 Å². The number of likely N-dealkylation sites (N-methyl/N-ethyl adjacent to an activating group) is 1. The Morgan fingerprint density at radius 3 is 2.58 bits per heavy atom. The number of nitrogens with zero attached hydrogens (tertiary/aromatic N) is 3. The van der Waals surface area contributed by atoms with E-state index in [1.165, 1.54) is 0 Å². The van der Waals surface area contributed by atoms with Gasteiger partial charge in [0, 0.05) is 25.4 Å². The minimum absolute atomic E-state index is 0.0543. The molecule has 2 amide bonds. The number of hydrogen-bond donors (Lipinski definition) is 1. The lowest BCUT2D eigenvalue weighted by atomic mass is 10.0. The minimum Gasteiger partial charge on any atom is -0.450 e. The molecule has 1 atom stereocenters. The van der Waals surface area contributed by atoms with Gasteiger partial charge < -0.3 is 15.0 Å². The lowest BCUT2D eigenvalue weighted by Gasteiger charge is -2.26. The lowest BCUT2D eigenvalue weighted by Crippen LogP contribution is -2.50. The van der Waals surface area contributed by atoms with Crippen molar-refractivity contribution in [1.82, 2.24) is 20.0 Å². The number of hydrogen-bond acceptors (Lipinski definition) is 4. The summed E-state index contributed by atoms with van der Waals surface area (Å²) in [5.41, 5.74) is 1.86. The van der Waals surface area contributed by atoms with Gasteiger partial charge >= 0.3 is 6.09 Å². The predicted molar refractivity (Wildman–Crippen MR) is 98.8 cm³/mol. The van der Waals surface area contributed by atoms with Crippen LogP contribution in [0.3, 0.4) is 0 Å². The maximum absolute atomic E-state index is 12.7. The van der Waals surface area contributed by atoms with Gasteiger partial charge in [-0.2, -0.15) is 5.10 Å². The second-order valence-corrected chi connectivity index (χ2v) is 6.41. The third kappa shape index (κ3) is 5.08. The van der Waals surface area contributed by atoms with Gasteiger partial charge in [0.25, 0.3) is 0 Å². The summed E-state index contributed by atoms with van der Waals surface area (Å²) in [5.74, 6) is -0.220. The quantitative estimate of drug-likeness (QED) is 0.825. The number of rotatable bonds is 7. The molecule has 1 heterocycles. The summed E-state index contributed by atoms with van der Waals surface area (Å²) in [6.45, 7) is 6.16. The van der Waals surface area contributed by atoms with Crippen LogP contribution in [0.25, 0.3) is 5.69 Å². The van der Waals surface area contributed by atoms with E-state index in [0.717, 1.165) is 11.3 Å². The first-order valence-corrected chi connectivity index (χ1v) is 8.69. The van der Waals surface area contributed by atoms with Crippen LogP contribution in [0.4, 0.5) is 4.79 Å². The smallest absolute Gasteiger partial charge is 0.407 e. The van der Waals surface area contributed by atoms with E-state index in [-0.39, 0.29) is 18.4 Å². The van der Waals surface area contributed by atoms with Crippen molar-refractivity contribution in [2.45, 2.75) is 33.4 Å². The van der Waals surface area contributed by atoms with Gasteiger partial charge in [-0.15, -0.1) is 0 Å². The Morgan fingerprint density at radius 2 is 1.96 bits per heavy atom. The number of alkyl carbamates (subject to hydrolysis) is 1. The molecule has 0 aliphatic rings. The van der Waals surface area contributed by atoms with E-state index in [9.17, 15) is 9.59 Å². The van der Waals surface area contributed by atoms with Gasteiger partial charge in [0.1, 0.15) is 6.04 Å². The molecule has 0 bridgehead atoms. The molecule has 0 radical (unpaired) electrons. The number of carbonyl (C=O) groups is 2. The Labute approximate surface area is 153 Å². The molecule has 0 saturated carbocycles. The average molecular weight is 358 g/mol. The number of para-hydroxylation sites is 1. The summed E-state index contributed by atoms with van der Waals surface area (Å²) in [7, 11) is 1.71. The number of ether oxygens (including phenoxy) is 1. The topological polar surface area (TPSA) is 76.5 Å². The second-order valence-electron chi connectivity index (χ2n) is 6.41.